The second-order valence-electron chi connectivity index (χ2n) is 14.0. The lowest BCUT2D eigenvalue weighted by atomic mass is 9.43. The van der Waals surface area contributed by atoms with Crippen LogP contribution in [0.4, 0.5) is 0 Å². The van der Waals surface area contributed by atoms with E-state index >= 15 is 0 Å². The Morgan fingerprint density at radius 1 is 0.882 bits per heavy atom. The van der Waals surface area contributed by atoms with Crippen molar-refractivity contribution in [3.63, 3.8) is 0 Å². The molecule has 0 heterocycles. The van der Waals surface area contributed by atoms with Crippen LogP contribution in [0.5, 0.6) is 0 Å². The standard InChI is InChI=1S/C33H50O/c1-22(2)10-9-11-23(3)28-16-17-29-26-15-14-25-20-27(24-12-7-6-8-13-24)31(34)21-33(25,5)30(26)18-19-32(28,29)4/h6-8,12-13,22-23,25-30H,9-11,14-21H2,1-5H3/t23-,25?,26+,27?,28-,29+,30+,32-,33+/m1/s1. The summed E-state index contributed by atoms with van der Waals surface area (Å²) >= 11 is 0. The molecule has 0 spiro atoms. The van der Waals surface area contributed by atoms with Crippen molar-refractivity contribution in [1.82, 2.24) is 0 Å². The Labute approximate surface area is 209 Å². The van der Waals surface area contributed by atoms with Crippen LogP contribution in [0.2, 0.25) is 0 Å². The summed E-state index contributed by atoms with van der Waals surface area (Å²) in [5.41, 5.74) is 2.05. The predicted octanol–water partition coefficient (Wildman–Crippen LogP) is 9.07. The second-order valence-corrected chi connectivity index (χ2v) is 14.0. The molecule has 1 aromatic rings. The van der Waals surface area contributed by atoms with Crippen molar-refractivity contribution in [3.8, 4) is 0 Å². The first-order valence-corrected chi connectivity index (χ1v) is 14.8. The van der Waals surface area contributed by atoms with Gasteiger partial charge in [0.1, 0.15) is 5.78 Å². The Kier molecular flexibility index (Phi) is 6.80. The molecule has 0 N–H and O–H groups in total. The van der Waals surface area contributed by atoms with Gasteiger partial charge >= 0.3 is 0 Å². The molecule has 2 unspecified atom stereocenters. The van der Waals surface area contributed by atoms with Crippen LogP contribution in [-0.4, -0.2) is 5.78 Å². The quantitative estimate of drug-likeness (QED) is 0.412. The van der Waals surface area contributed by atoms with Gasteiger partial charge in [-0.3, -0.25) is 4.79 Å². The van der Waals surface area contributed by atoms with Crippen molar-refractivity contribution in [1.29, 1.82) is 0 Å². The second kappa shape index (κ2) is 9.40. The highest BCUT2D eigenvalue weighted by atomic mass is 16.1. The van der Waals surface area contributed by atoms with E-state index in [0.717, 1.165) is 54.3 Å². The molecule has 4 fully saturated rings. The van der Waals surface area contributed by atoms with Crippen LogP contribution < -0.4 is 0 Å². The van der Waals surface area contributed by atoms with E-state index in [1.807, 2.05) is 0 Å². The average molecular weight is 463 g/mol. The molecule has 0 radical (unpaired) electrons. The summed E-state index contributed by atoms with van der Waals surface area (Å²) in [6.07, 6.45) is 14.6. The average Bonchev–Trinajstić information content (AvgIpc) is 3.16. The third kappa shape index (κ3) is 4.12. The minimum Gasteiger partial charge on any atom is -0.299 e. The number of hydrogen-bond acceptors (Lipinski definition) is 1. The minimum atomic E-state index is 0.146. The van der Waals surface area contributed by atoms with E-state index < -0.39 is 0 Å². The smallest absolute Gasteiger partial charge is 0.140 e. The van der Waals surface area contributed by atoms with Gasteiger partial charge in [0.2, 0.25) is 0 Å². The molecule has 1 aromatic carbocycles. The summed E-state index contributed by atoms with van der Waals surface area (Å²) in [5.74, 6) is 6.59. The molecular weight excluding hydrogens is 412 g/mol. The van der Waals surface area contributed by atoms with E-state index in [1.165, 1.54) is 63.4 Å². The number of carbonyl (C=O) groups excluding carboxylic acids is 1. The molecule has 1 heteroatoms. The van der Waals surface area contributed by atoms with Gasteiger partial charge in [0, 0.05) is 12.3 Å². The fourth-order valence-electron chi connectivity index (χ4n) is 10.1. The molecule has 1 nitrogen and oxygen atoms in total. The van der Waals surface area contributed by atoms with Gasteiger partial charge in [-0.2, -0.15) is 0 Å². The lowest BCUT2D eigenvalue weighted by molar-refractivity contribution is -0.145. The van der Waals surface area contributed by atoms with Gasteiger partial charge in [-0.1, -0.05) is 84.2 Å². The number of rotatable bonds is 6. The first-order chi connectivity index (χ1) is 16.2. The number of carbonyl (C=O) groups is 1. The number of benzene rings is 1. The molecule has 4 aliphatic carbocycles. The van der Waals surface area contributed by atoms with Crippen LogP contribution in [-0.2, 0) is 4.79 Å². The van der Waals surface area contributed by atoms with Crippen molar-refractivity contribution in [2.75, 3.05) is 0 Å². The highest BCUT2D eigenvalue weighted by molar-refractivity contribution is 5.87. The molecule has 34 heavy (non-hydrogen) atoms. The van der Waals surface area contributed by atoms with E-state index in [9.17, 15) is 4.79 Å². The maximum atomic E-state index is 13.5. The normalized spacial score (nSPS) is 42.7. The highest BCUT2D eigenvalue weighted by Crippen LogP contribution is 2.68. The van der Waals surface area contributed by atoms with Crippen LogP contribution in [0.15, 0.2) is 30.3 Å². The van der Waals surface area contributed by atoms with Crippen molar-refractivity contribution in [2.24, 2.45) is 52.3 Å². The third-order valence-electron chi connectivity index (χ3n) is 11.9. The summed E-state index contributed by atoms with van der Waals surface area (Å²) in [5, 5.41) is 0. The number of Topliss-reactive ketones (excluding diaryl/α,β-unsaturated/α-hetero) is 1. The summed E-state index contributed by atoms with van der Waals surface area (Å²) < 4.78 is 0. The Hall–Kier alpha value is -1.11. The van der Waals surface area contributed by atoms with Crippen LogP contribution in [0.3, 0.4) is 0 Å². The monoisotopic (exact) mass is 462 g/mol. The first kappa shape index (κ1) is 24.6. The number of ketones is 1. The first-order valence-electron chi connectivity index (χ1n) is 14.8. The van der Waals surface area contributed by atoms with Crippen LogP contribution in [0.25, 0.3) is 0 Å². The summed E-state index contributed by atoms with van der Waals surface area (Å²) in [6, 6.07) is 10.7. The minimum absolute atomic E-state index is 0.146. The van der Waals surface area contributed by atoms with Gasteiger partial charge < -0.3 is 0 Å². The molecular formula is C33H50O. The van der Waals surface area contributed by atoms with Crippen molar-refractivity contribution >= 4 is 5.78 Å². The largest absolute Gasteiger partial charge is 0.299 e. The van der Waals surface area contributed by atoms with E-state index in [4.69, 9.17) is 0 Å². The predicted molar refractivity (Wildman–Crippen MR) is 143 cm³/mol. The number of hydrogen-bond donors (Lipinski definition) is 0. The van der Waals surface area contributed by atoms with Gasteiger partial charge in [-0.05, 0) is 103 Å². The van der Waals surface area contributed by atoms with Gasteiger partial charge in [-0.15, -0.1) is 0 Å². The molecule has 5 rings (SSSR count). The molecule has 0 amide bonds. The van der Waals surface area contributed by atoms with E-state index in [1.54, 1.807) is 0 Å². The zero-order valence-corrected chi connectivity index (χ0v) is 22.7. The lowest BCUT2D eigenvalue weighted by Crippen LogP contribution is -2.55. The molecule has 9 atom stereocenters. The van der Waals surface area contributed by atoms with Crippen LogP contribution >= 0.6 is 0 Å². The molecule has 0 aromatic heterocycles. The summed E-state index contributed by atoms with van der Waals surface area (Å²) in [6.45, 7) is 12.5. The maximum Gasteiger partial charge on any atom is 0.140 e. The summed E-state index contributed by atoms with van der Waals surface area (Å²) in [4.78, 5) is 13.5. The zero-order valence-electron chi connectivity index (χ0n) is 22.7. The van der Waals surface area contributed by atoms with E-state index in [0.29, 0.717) is 11.2 Å². The zero-order chi connectivity index (χ0) is 24.1. The molecule has 188 valence electrons. The Balaban J connectivity index is 1.30. The van der Waals surface area contributed by atoms with Crippen molar-refractivity contribution < 1.29 is 4.79 Å². The van der Waals surface area contributed by atoms with Crippen molar-refractivity contribution in [3.05, 3.63) is 35.9 Å². The van der Waals surface area contributed by atoms with Gasteiger partial charge in [0.15, 0.2) is 0 Å². The maximum absolute atomic E-state index is 13.5. The fourth-order valence-corrected chi connectivity index (χ4v) is 10.1. The lowest BCUT2D eigenvalue weighted by Gasteiger charge is -2.61. The molecule has 0 aliphatic heterocycles. The molecule has 4 aliphatic rings. The Morgan fingerprint density at radius 3 is 2.35 bits per heavy atom. The SMILES string of the molecule is CC(C)CCC[C@@H](C)[C@H]1CC[C@H]2[C@@H]3CCC4CC(c5ccccc5)C(=O)C[C@]4(C)[C@H]3CC[C@]12C. The number of fused-ring (bicyclic) bond motifs is 5. The topological polar surface area (TPSA) is 17.1 Å². The fraction of sp³-hybridized carbons (Fsp3) is 0.788. The molecule has 4 saturated carbocycles. The summed E-state index contributed by atoms with van der Waals surface area (Å²) in [7, 11) is 0. The van der Waals surface area contributed by atoms with Gasteiger partial charge in [-0.25, -0.2) is 0 Å². The Morgan fingerprint density at radius 2 is 1.62 bits per heavy atom. The van der Waals surface area contributed by atoms with Gasteiger partial charge in [0.05, 0.1) is 0 Å². The van der Waals surface area contributed by atoms with Crippen LogP contribution in [0.1, 0.15) is 117 Å². The van der Waals surface area contributed by atoms with E-state index in [-0.39, 0.29) is 11.3 Å². The van der Waals surface area contributed by atoms with Crippen LogP contribution in [0, 0.1) is 52.3 Å². The van der Waals surface area contributed by atoms with E-state index in [2.05, 4.69) is 65.0 Å². The third-order valence-corrected chi connectivity index (χ3v) is 11.9. The van der Waals surface area contributed by atoms with Gasteiger partial charge in [0.25, 0.3) is 0 Å². The van der Waals surface area contributed by atoms with Crippen molar-refractivity contribution in [2.45, 2.75) is 111 Å². The molecule has 0 saturated heterocycles. The molecule has 0 bridgehead atoms. The Bertz CT molecular complexity index is 857. The highest BCUT2D eigenvalue weighted by Gasteiger charge is 2.61.